The predicted octanol–water partition coefficient (Wildman–Crippen LogP) is 4.84. The Morgan fingerprint density at radius 3 is 1.92 bits per heavy atom. The topological polar surface area (TPSA) is 50.4 Å². The molecule has 3 aromatic carbocycles. The monoisotopic (exact) mass is 332 g/mol. The largest absolute Gasteiger partial charge is 0.481 e. The van der Waals surface area contributed by atoms with Crippen LogP contribution in [0.1, 0.15) is 6.92 Å². The molecule has 0 aromatic heterocycles. The third kappa shape index (κ3) is 4.85. The molecule has 0 aliphatic heterocycles. The number of benzene rings is 3. The van der Waals surface area contributed by atoms with Crippen molar-refractivity contribution in [3.05, 3.63) is 84.9 Å². The second kappa shape index (κ2) is 8.02. The summed E-state index contributed by atoms with van der Waals surface area (Å²) in [4.78, 5) is 12.2. The quantitative estimate of drug-likeness (QED) is 0.679. The second-order valence-electron chi connectivity index (χ2n) is 5.63. The van der Waals surface area contributed by atoms with Crippen molar-refractivity contribution < 1.29 is 9.53 Å². The third-order valence-electron chi connectivity index (χ3n) is 3.64. The van der Waals surface area contributed by atoms with Gasteiger partial charge >= 0.3 is 0 Å². The molecule has 0 aliphatic rings. The molecule has 0 spiro atoms. The number of carbonyl (C=O) groups is 1. The minimum atomic E-state index is -0.579. The first-order chi connectivity index (χ1) is 12.2. The highest BCUT2D eigenvalue weighted by molar-refractivity contribution is 5.94. The van der Waals surface area contributed by atoms with Crippen molar-refractivity contribution in [3.63, 3.8) is 0 Å². The van der Waals surface area contributed by atoms with Gasteiger partial charge in [-0.2, -0.15) is 0 Å². The van der Waals surface area contributed by atoms with Gasteiger partial charge in [0.2, 0.25) is 0 Å². The molecule has 0 aliphatic carbocycles. The Morgan fingerprint density at radius 2 is 1.28 bits per heavy atom. The van der Waals surface area contributed by atoms with Gasteiger partial charge in [0, 0.05) is 17.1 Å². The number of hydrogen-bond acceptors (Lipinski definition) is 3. The number of rotatable bonds is 6. The summed E-state index contributed by atoms with van der Waals surface area (Å²) in [7, 11) is 0. The summed E-state index contributed by atoms with van der Waals surface area (Å²) >= 11 is 0. The fourth-order valence-electron chi connectivity index (χ4n) is 2.33. The highest BCUT2D eigenvalue weighted by atomic mass is 16.5. The average Bonchev–Trinajstić information content (AvgIpc) is 2.65. The third-order valence-corrected chi connectivity index (χ3v) is 3.64. The summed E-state index contributed by atoms with van der Waals surface area (Å²) in [6.07, 6.45) is -0.579. The molecule has 0 bridgehead atoms. The Balaban J connectivity index is 1.56. The maximum atomic E-state index is 12.2. The maximum absolute atomic E-state index is 12.2. The van der Waals surface area contributed by atoms with E-state index in [4.69, 9.17) is 4.74 Å². The van der Waals surface area contributed by atoms with Crippen molar-refractivity contribution in [2.45, 2.75) is 13.0 Å². The molecule has 25 heavy (non-hydrogen) atoms. The highest BCUT2D eigenvalue weighted by Gasteiger charge is 2.14. The van der Waals surface area contributed by atoms with Crippen molar-refractivity contribution >= 4 is 23.0 Å². The minimum absolute atomic E-state index is 0.187. The standard InChI is InChI=1S/C21H20N2O2/c1-16(25-20-10-6-3-7-11-20)21(24)23-19-14-12-18(13-15-19)22-17-8-4-2-5-9-17/h2-16,22H,1H3,(H,23,24). The summed E-state index contributed by atoms with van der Waals surface area (Å²) in [6.45, 7) is 1.73. The number of carbonyl (C=O) groups excluding carboxylic acids is 1. The van der Waals surface area contributed by atoms with Crippen LogP contribution in [0.5, 0.6) is 5.75 Å². The van der Waals surface area contributed by atoms with E-state index in [1.54, 1.807) is 6.92 Å². The fraction of sp³-hybridized carbons (Fsp3) is 0.0952. The van der Waals surface area contributed by atoms with Crippen molar-refractivity contribution in [2.75, 3.05) is 10.6 Å². The zero-order valence-corrected chi connectivity index (χ0v) is 14.0. The molecule has 0 saturated heterocycles. The van der Waals surface area contributed by atoms with Gasteiger partial charge in [0.25, 0.3) is 5.91 Å². The molecule has 0 heterocycles. The van der Waals surface area contributed by atoms with E-state index in [0.717, 1.165) is 17.1 Å². The van der Waals surface area contributed by atoms with Crippen LogP contribution in [-0.4, -0.2) is 12.0 Å². The molecule has 2 N–H and O–H groups in total. The summed E-state index contributed by atoms with van der Waals surface area (Å²) < 4.78 is 5.63. The van der Waals surface area contributed by atoms with E-state index in [-0.39, 0.29) is 5.91 Å². The van der Waals surface area contributed by atoms with Crippen LogP contribution < -0.4 is 15.4 Å². The number of nitrogens with one attached hydrogen (secondary N) is 2. The zero-order valence-electron chi connectivity index (χ0n) is 14.0. The molecule has 1 unspecified atom stereocenters. The van der Waals surface area contributed by atoms with E-state index in [1.165, 1.54) is 0 Å². The van der Waals surface area contributed by atoms with Gasteiger partial charge in [0.1, 0.15) is 5.75 Å². The number of hydrogen-bond donors (Lipinski definition) is 2. The van der Waals surface area contributed by atoms with Gasteiger partial charge < -0.3 is 15.4 Å². The fourth-order valence-corrected chi connectivity index (χ4v) is 2.33. The van der Waals surface area contributed by atoms with Crippen molar-refractivity contribution in [3.8, 4) is 5.75 Å². The summed E-state index contributed by atoms with van der Waals surface area (Å²) in [6, 6.07) is 26.8. The molecule has 0 radical (unpaired) electrons. The van der Waals surface area contributed by atoms with Crippen LogP contribution in [0.3, 0.4) is 0 Å². The maximum Gasteiger partial charge on any atom is 0.265 e. The molecule has 0 fully saturated rings. The van der Waals surface area contributed by atoms with Gasteiger partial charge in [-0.25, -0.2) is 0 Å². The van der Waals surface area contributed by atoms with Gasteiger partial charge in [-0.15, -0.1) is 0 Å². The molecule has 4 heteroatoms. The Kier molecular flexibility index (Phi) is 5.32. The lowest BCUT2D eigenvalue weighted by atomic mass is 10.2. The molecule has 0 saturated carbocycles. The average molecular weight is 332 g/mol. The highest BCUT2D eigenvalue weighted by Crippen LogP contribution is 2.19. The van der Waals surface area contributed by atoms with Crippen LogP contribution in [0.25, 0.3) is 0 Å². The number of amides is 1. The van der Waals surface area contributed by atoms with Gasteiger partial charge in [-0.1, -0.05) is 36.4 Å². The summed E-state index contributed by atoms with van der Waals surface area (Å²) in [5.74, 6) is 0.486. The van der Waals surface area contributed by atoms with Gasteiger partial charge in [0.15, 0.2) is 6.10 Å². The van der Waals surface area contributed by atoms with Crippen LogP contribution >= 0.6 is 0 Å². The van der Waals surface area contributed by atoms with Crippen LogP contribution in [0.2, 0.25) is 0 Å². The SMILES string of the molecule is CC(Oc1ccccc1)C(=O)Nc1ccc(Nc2ccccc2)cc1. The molecular formula is C21H20N2O2. The van der Waals surface area contributed by atoms with E-state index in [9.17, 15) is 4.79 Å². The van der Waals surface area contributed by atoms with E-state index in [1.807, 2.05) is 84.9 Å². The summed E-state index contributed by atoms with van der Waals surface area (Å²) in [5.41, 5.74) is 2.70. The lowest BCUT2D eigenvalue weighted by Crippen LogP contribution is -2.30. The first-order valence-corrected chi connectivity index (χ1v) is 8.15. The molecule has 3 aromatic rings. The van der Waals surface area contributed by atoms with E-state index >= 15 is 0 Å². The van der Waals surface area contributed by atoms with Gasteiger partial charge in [0.05, 0.1) is 0 Å². The first kappa shape index (κ1) is 16.6. The summed E-state index contributed by atoms with van der Waals surface area (Å²) in [5, 5.41) is 6.16. The Morgan fingerprint density at radius 1 is 0.760 bits per heavy atom. The Labute approximate surface area is 147 Å². The lowest BCUT2D eigenvalue weighted by Gasteiger charge is -2.15. The van der Waals surface area contributed by atoms with Gasteiger partial charge in [-0.05, 0) is 55.5 Å². The Bertz CT molecular complexity index is 802. The normalized spacial score (nSPS) is 11.4. The predicted molar refractivity (Wildman–Crippen MR) is 101 cm³/mol. The Hall–Kier alpha value is -3.27. The molecule has 1 amide bonds. The van der Waals surface area contributed by atoms with Crippen LogP contribution in [0, 0.1) is 0 Å². The van der Waals surface area contributed by atoms with Crippen LogP contribution in [0.4, 0.5) is 17.1 Å². The molecule has 1 atom stereocenters. The van der Waals surface area contributed by atoms with Gasteiger partial charge in [-0.3, -0.25) is 4.79 Å². The first-order valence-electron chi connectivity index (χ1n) is 8.15. The number of ether oxygens (including phenoxy) is 1. The van der Waals surface area contributed by atoms with Crippen molar-refractivity contribution in [2.24, 2.45) is 0 Å². The lowest BCUT2D eigenvalue weighted by molar-refractivity contribution is -0.122. The van der Waals surface area contributed by atoms with Crippen molar-refractivity contribution in [1.29, 1.82) is 0 Å². The van der Waals surface area contributed by atoms with Crippen LogP contribution in [0.15, 0.2) is 84.9 Å². The van der Waals surface area contributed by atoms with E-state index in [0.29, 0.717) is 5.75 Å². The minimum Gasteiger partial charge on any atom is -0.481 e. The number of para-hydroxylation sites is 2. The molecule has 3 rings (SSSR count). The second-order valence-corrected chi connectivity index (χ2v) is 5.63. The molecule has 126 valence electrons. The molecule has 4 nitrogen and oxygen atoms in total. The number of anilines is 3. The molecular weight excluding hydrogens is 312 g/mol. The zero-order chi connectivity index (χ0) is 17.5. The van der Waals surface area contributed by atoms with Crippen molar-refractivity contribution in [1.82, 2.24) is 0 Å². The smallest absolute Gasteiger partial charge is 0.265 e. The van der Waals surface area contributed by atoms with E-state index in [2.05, 4.69) is 10.6 Å². The van der Waals surface area contributed by atoms with E-state index < -0.39 is 6.10 Å². The van der Waals surface area contributed by atoms with Crippen LogP contribution in [-0.2, 0) is 4.79 Å².